The summed E-state index contributed by atoms with van der Waals surface area (Å²) in [6.45, 7) is 3.68. The third kappa shape index (κ3) is 5.52. The van der Waals surface area contributed by atoms with E-state index in [4.69, 9.17) is 5.11 Å². The zero-order chi connectivity index (χ0) is 14.1. The number of amides is 1. The second kappa shape index (κ2) is 8.26. The fraction of sp³-hybridized carbons (Fsp3) is 0.429. The molecule has 0 spiro atoms. The molecule has 0 atom stereocenters. The van der Waals surface area contributed by atoms with E-state index in [1.807, 2.05) is 6.92 Å². The standard InChI is InChI=1S/C14H20N2O3/c1-2-8-16-13(17)7-9-15-10-11-5-3-4-6-12(11)14(18)19/h3-6,15H,2,7-10H2,1H3,(H,16,17)(H,18,19). The Morgan fingerprint density at radius 1 is 1.21 bits per heavy atom. The first-order valence-electron chi connectivity index (χ1n) is 6.43. The Labute approximate surface area is 113 Å². The quantitative estimate of drug-likeness (QED) is 0.620. The van der Waals surface area contributed by atoms with Crippen LogP contribution in [0.15, 0.2) is 24.3 Å². The van der Waals surface area contributed by atoms with Crippen molar-refractivity contribution in [2.24, 2.45) is 0 Å². The maximum Gasteiger partial charge on any atom is 0.336 e. The van der Waals surface area contributed by atoms with Crippen molar-refractivity contribution in [2.75, 3.05) is 13.1 Å². The average molecular weight is 264 g/mol. The molecule has 0 saturated heterocycles. The lowest BCUT2D eigenvalue weighted by Crippen LogP contribution is -2.28. The predicted octanol–water partition coefficient (Wildman–Crippen LogP) is 1.39. The maximum atomic E-state index is 11.3. The number of benzene rings is 1. The molecule has 0 radical (unpaired) electrons. The normalized spacial score (nSPS) is 10.2. The maximum absolute atomic E-state index is 11.3. The minimum Gasteiger partial charge on any atom is -0.478 e. The van der Waals surface area contributed by atoms with Crippen LogP contribution < -0.4 is 10.6 Å². The van der Waals surface area contributed by atoms with Crippen LogP contribution in [0, 0.1) is 0 Å². The minimum atomic E-state index is -0.932. The van der Waals surface area contributed by atoms with E-state index in [-0.39, 0.29) is 5.91 Å². The number of hydrogen-bond donors (Lipinski definition) is 3. The van der Waals surface area contributed by atoms with Crippen molar-refractivity contribution in [3.05, 3.63) is 35.4 Å². The van der Waals surface area contributed by atoms with Crippen molar-refractivity contribution < 1.29 is 14.7 Å². The highest BCUT2D eigenvalue weighted by Gasteiger charge is 2.08. The predicted molar refractivity (Wildman–Crippen MR) is 73.0 cm³/mol. The highest BCUT2D eigenvalue weighted by molar-refractivity contribution is 5.89. The molecule has 5 heteroatoms. The zero-order valence-electron chi connectivity index (χ0n) is 11.1. The van der Waals surface area contributed by atoms with Gasteiger partial charge in [-0.3, -0.25) is 4.79 Å². The monoisotopic (exact) mass is 264 g/mol. The Morgan fingerprint density at radius 3 is 2.63 bits per heavy atom. The molecule has 104 valence electrons. The molecule has 3 N–H and O–H groups in total. The van der Waals surface area contributed by atoms with E-state index in [9.17, 15) is 9.59 Å². The Hall–Kier alpha value is -1.88. The summed E-state index contributed by atoms with van der Waals surface area (Å²) in [7, 11) is 0. The Balaban J connectivity index is 2.33. The minimum absolute atomic E-state index is 0.0147. The van der Waals surface area contributed by atoms with Gasteiger partial charge in [-0.2, -0.15) is 0 Å². The van der Waals surface area contributed by atoms with Crippen LogP contribution in [-0.4, -0.2) is 30.1 Å². The molecule has 0 aliphatic carbocycles. The van der Waals surface area contributed by atoms with Gasteiger partial charge < -0.3 is 15.7 Å². The highest BCUT2D eigenvalue weighted by Crippen LogP contribution is 2.08. The SMILES string of the molecule is CCCNC(=O)CCNCc1ccccc1C(=O)O. The van der Waals surface area contributed by atoms with Crippen LogP contribution in [0.3, 0.4) is 0 Å². The fourth-order valence-corrected chi connectivity index (χ4v) is 1.66. The molecule has 0 aliphatic heterocycles. The summed E-state index contributed by atoms with van der Waals surface area (Å²) in [5.41, 5.74) is 1.02. The van der Waals surface area contributed by atoms with E-state index in [0.717, 1.165) is 12.0 Å². The fourth-order valence-electron chi connectivity index (χ4n) is 1.66. The van der Waals surface area contributed by atoms with Gasteiger partial charge >= 0.3 is 5.97 Å². The summed E-state index contributed by atoms with van der Waals surface area (Å²) < 4.78 is 0. The number of carbonyl (C=O) groups excluding carboxylic acids is 1. The van der Waals surface area contributed by atoms with Gasteiger partial charge in [-0.1, -0.05) is 25.1 Å². The third-order valence-electron chi connectivity index (χ3n) is 2.66. The van der Waals surface area contributed by atoms with Crippen LogP contribution in [-0.2, 0) is 11.3 Å². The number of carboxylic acids is 1. The van der Waals surface area contributed by atoms with Gasteiger partial charge in [0.1, 0.15) is 0 Å². The molecular formula is C14H20N2O3. The Bertz CT molecular complexity index is 432. The number of carbonyl (C=O) groups is 2. The average Bonchev–Trinajstić information content (AvgIpc) is 2.41. The highest BCUT2D eigenvalue weighted by atomic mass is 16.4. The number of hydrogen-bond acceptors (Lipinski definition) is 3. The molecule has 1 aromatic rings. The lowest BCUT2D eigenvalue weighted by Gasteiger charge is -2.08. The summed E-state index contributed by atoms with van der Waals surface area (Å²) >= 11 is 0. The number of rotatable bonds is 8. The molecule has 0 saturated carbocycles. The smallest absolute Gasteiger partial charge is 0.336 e. The first-order valence-corrected chi connectivity index (χ1v) is 6.43. The molecule has 1 amide bonds. The van der Waals surface area contributed by atoms with E-state index >= 15 is 0 Å². The molecule has 0 aromatic heterocycles. The first-order chi connectivity index (χ1) is 9.15. The second-order valence-corrected chi connectivity index (χ2v) is 4.24. The molecule has 19 heavy (non-hydrogen) atoms. The van der Waals surface area contributed by atoms with Crippen LogP contribution >= 0.6 is 0 Å². The van der Waals surface area contributed by atoms with Crippen molar-refractivity contribution in [2.45, 2.75) is 26.3 Å². The van der Waals surface area contributed by atoms with Crippen LogP contribution in [0.1, 0.15) is 35.7 Å². The van der Waals surface area contributed by atoms with Gasteiger partial charge in [-0.05, 0) is 18.1 Å². The topological polar surface area (TPSA) is 78.4 Å². The van der Waals surface area contributed by atoms with E-state index in [1.165, 1.54) is 0 Å². The van der Waals surface area contributed by atoms with Gasteiger partial charge in [0.25, 0.3) is 0 Å². The van der Waals surface area contributed by atoms with Crippen molar-refractivity contribution in [1.29, 1.82) is 0 Å². The molecule has 0 heterocycles. The molecule has 5 nitrogen and oxygen atoms in total. The van der Waals surface area contributed by atoms with E-state index in [0.29, 0.717) is 31.6 Å². The van der Waals surface area contributed by atoms with Gasteiger partial charge in [-0.15, -0.1) is 0 Å². The van der Waals surface area contributed by atoms with Gasteiger partial charge in [0.2, 0.25) is 5.91 Å². The second-order valence-electron chi connectivity index (χ2n) is 4.24. The molecule has 1 rings (SSSR count). The van der Waals surface area contributed by atoms with Gasteiger partial charge in [0.15, 0.2) is 0 Å². The summed E-state index contributed by atoms with van der Waals surface area (Å²) in [6, 6.07) is 6.85. The van der Waals surface area contributed by atoms with E-state index < -0.39 is 5.97 Å². The van der Waals surface area contributed by atoms with Crippen molar-refractivity contribution >= 4 is 11.9 Å². The molecule has 0 aliphatic rings. The first kappa shape index (κ1) is 15.2. The van der Waals surface area contributed by atoms with Gasteiger partial charge in [0, 0.05) is 26.1 Å². The van der Waals surface area contributed by atoms with Crippen molar-refractivity contribution in [3.63, 3.8) is 0 Å². The number of aromatic carboxylic acids is 1. The van der Waals surface area contributed by atoms with E-state index in [2.05, 4.69) is 10.6 Å². The molecular weight excluding hydrogens is 244 g/mol. The molecule has 1 aromatic carbocycles. The van der Waals surface area contributed by atoms with E-state index in [1.54, 1.807) is 24.3 Å². The zero-order valence-corrected chi connectivity index (χ0v) is 11.1. The van der Waals surface area contributed by atoms with Crippen molar-refractivity contribution in [3.8, 4) is 0 Å². The summed E-state index contributed by atoms with van der Waals surface area (Å²) in [6.07, 6.45) is 1.32. The van der Waals surface area contributed by atoms with Crippen LogP contribution in [0.25, 0.3) is 0 Å². The lowest BCUT2D eigenvalue weighted by atomic mass is 10.1. The Kier molecular flexibility index (Phi) is 6.60. The molecule has 0 bridgehead atoms. The lowest BCUT2D eigenvalue weighted by molar-refractivity contribution is -0.121. The van der Waals surface area contributed by atoms with Crippen LogP contribution in [0.4, 0.5) is 0 Å². The molecule has 0 fully saturated rings. The summed E-state index contributed by atoms with van der Waals surface area (Å²) in [4.78, 5) is 22.3. The van der Waals surface area contributed by atoms with Gasteiger partial charge in [0.05, 0.1) is 5.56 Å². The van der Waals surface area contributed by atoms with Crippen molar-refractivity contribution in [1.82, 2.24) is 10.6 Å². The number of carboxylic acid groups (broad SMARTS) is 1. The third-order valence-corrected chi connectivity index (χ3v) is 2.66. The number of nitrogens with one attached hydrogen (secondary N) is 2. The van der Waals surface area contributed by atoms with Crippen LogP contribution in [0.2, 0.25) is 0 Å². The van der Waals surface area contributed by atoms with Gasteiger partial charge in [-0.25, -0.2) is 4.79 Å². The summed E-state index contributed by atoms with van der Waals surface area (Å²) in [5.74, 6) is -0.918. The summed E-state index contributed by atoms with van der Waals surface area (Å²) in [5, 5.41) is 14.9. The largest absolute Gasteiger partial charge is 0.478 e. The Morgan fingerprint density at radius 2 is 1.95 bits per heavy atom. The molecule has 0 unspecified atom stereocenters. The van der Waals surface area contributed by atoms with Crippen LogP contribution in [0.5, 0.6) is 0 Å².